The number of hydrogen-bond donors (Lipinski definition) is 5. The van der Waals surface area contributed by atoms with Gasteiger partial charge in [-0.25, -0.2) is 0 Å². The second kappa shape index (κ2) is 15.9. The van der Waals surface area contributed by atoms with Crippen molar-refractivity contribution in [3.05, 3.63) is 36.8 Å². The molecule has 0 aromatic heterocycles. The highest BCUT2D eigenvalue weighted by atomic mass is 16.3. The number of hydrogen-bond acceptors (Lipinski definition) is 5. The maximum atomic E-state index is 8.98. The molecule has 0 aliphatic carbocycles. The van der Waals surface area contributed by atoms with Crippen LogP contribution < -0.4 is 21.3 Å². The van der Waals surface area contributed by atoms with Crippen molar-refractivity contribution < 1.29 is 5.11 Å². The summed E-state index contributed by atoms with van der Waals surface area (Å²) in [7, 11) is 0. The van der Waals surface area contributed by atoms with Crippen LogP contribution in [0, 0.1) is 5.92 Å². The Bertz CT molecular complexity index is 407. The molecule has 5 N–H and O–H groups in total. The van der Waals surface area contributed by atoms with E-state index in [1.54, 1.807) is 0 Å². The van der Waals surface area contributed by atoms with Crippen LogP contribution >= 0.6 is 0 Å². The van der Waals surface area contributed by atoms with E-state index in [1.807, 2.05) is 0 Å². The van der Waals surface area contributed by atoms with E-state index >= 15 is 0 Å². The summed E-state index contributed by atoms with van der Waals surface area (Å²) in [6.45, 7) is 23.8. The summed E-state index contributed by atoms with van der Waals surface area (Å²) in [6, 6.07) is 0.375. The van der Waals surface area contributed by atoms with Gasteiger partial charge in [-0.3, -0.25) is 0 Å². The third-order valence-electron chi connectivity index (χ3n) is 4.09. The van der Waals surface area contributed by atoms with Gasteiger partial charge < -0.3 is 26.4 Å². The monoisotopic (exact) mass is 366 g/mol. The average molecular weight is 367 g/mol. The van der Waals surface area contributed by atoms with E-state index in [0.29, 0.717) is 18.4 Å². The van der Waals surface area contributed by atoms with Gasteiger partial charge in [0.05, 0.1) is 5.76 Å². The Morgan fingerprint density at radius 3 is 2.12 bits per heavy atom. The summed E-state index contributed by atoms with van der Waals surface area (Å²) in [5.74, 6) is 0.880. The summed E-state index contributed by atoms with van der Waals surface area (Å²) in [5.41, 5.74) is 2.39. The molecule has 0 radical (unpaired) electrons. The summed E-state index contributed by atoms with van der Waals surface area (Å²) in [5, 5.41) is 22.5. The van der Waals surface area contributed by atoms with Crippen molar-refractivity contribution in [3.63, 3.8) is 0 Å². The molecule has 0 aromatic carbocycles. The van der Waals surface area contributed by atoms with Gasteiger partial charge in [-0.2, -0.15) is 0 Å². The molecule has 0 saturated carbocycles. The fraction of sp³-hybridized carbons (Fsp3) is 0.714. The molecule has 0 fully saturated rings. The third-order valence-corrected chi connectivity index (χ3v) is 4.09. The second-order valence-electron chi connectivity index (χ2n) is 7.25. The molecule has 0 spiro atoms. The lowest BCUT2D eigenvalue weighted by molar-refractivity contribution is 0.387. The molecule has 5 heteroatoms. The quantitative estimate of drug-likeness (QED) is 0.147. The van der Waals surface area contributed by atoms with E-state index in [4.69, 9.17) is 5.11 Å². The molecule has 0 rings (SSSR count). The van der Waals surface area contributed by atoms with Crippen molar-refractivity contribution in [3.8, 4) is 0 Å². The summed E-state index contributed by atoms with van der Waals surface area (Å²) in [4.78, 5) is 0. The average Bonchev–Trinajstić information content (AvgIpc) is 2.56. The van der Waals surface area contributed by atoms with Gasteiger partial charge in [0, 0.05) is 50.9 Å². The van der Waals surface area contributed by atoms with Crippen molar-refractivity contribution in [1.82, 2.24) is 21.3 Å². The number of likely N-dealkylation sites (N-methyl/N-ethyl adjacent to an activating group) is 1. The molecule has 0 aliphatic heterocycles. The fourth-order valence-corrected chi connectivity index (χ4v) is 2.76. The minimum absolute atomic E-state index is 0.234. The zero-order valence-corrected chi connectivity index (χ0v) is 17.3. The maximum absolute atomic E-state index is 8.98. The largest absolute Gasteiger partial charge is 0.513 e. The molecule has 152 valence electrons. The van der Waals surface area contributed by atoms with Crippen LogP contribution in [0.5, 0.6) is 0 Å². The summed E-state index contributed by atoms with van der Waals surface area (Å²) < 4.78 is 0. The lowest BCUT2D eigenvalue weighted by atomic mass is 9.95. The van der Waals surface area contributed by atoms with Gasteiger partial charge in [-0.15, -0.1) is 0 Å². The van der Waals surface area contributed by atoms with Crippen LogP contribution in [0.4, 0.5) is 0 Å². The molecule has 0 aliphatic rings. The lowest BCUT2D eigenvalue weighted by Gasteiger charge is -2.22. The SMILES string of the molecule is C=C(O)CCNCCNCCNC(=C)CCC(NCC)C(=C)CC(C)C. The molecule has 0 bridgehead atoms. The molecule has 1 atom stereocenters. The van der Waals surface area contributed by atoms with E-state index in [0.717, 1.165) is 64.2 Å². The zero-order valence-electron chi connectivity index (χ0n) is 17.3. The number of aliphatic hydroxyl groups excluding tert-OH is 1. The normalized spacial score (nSPS) is 12.2. The number of aliphatic hydroxyl groups is 1. The van der Waals surface area contributed by atoms with Crippen molar-refractivity contribution in [1.29, 1.82) is 0 Å². The van der Waals surface area contributed by atoms with Gasteiger partial charge in [0.15, 0.2) is 0 Å². The minimum Gasteiger partial charge on any atom is -0.513 e. The summed E-state index contributed by atoms with van der Waals surface area (Å²) >= 11 is 0. The van der Waals surface area contributed by atoms with Crippen LogP contribution in [0.2, 0.25) is 0 Å². The predicted octanol–water partition coefficient (Wildman–Crippen LogP) is 3.09. The van der Waals surface area contributed by atoms with Gasteiger partial charge in [-0.05, 0) is 31.7 Å². The Kier molecular flexibility index (Phi) is 15.1. The van der Waals surface area contributed by atoms with Crippen LogP contribution in [0.25, 0.3) is 0 Å². The van der Waals surface area contributed by atoms with Gasteiger partial charge in [0.1, 0.15) is 0 Å². The van der Waals surface area contributed by atoms with Crippen LogP contribution in [0.3, 0.4) is 0 Å². The summed E-state index contributed by atoms with van der Waals surface area (Å²) in [6.07, 6.45) is 3.68. The molecule has 0 aromatic rings. The molecular weight excluding hydrogens is 324 g/mol. The van der Waals surface area contributed by atoms with Crippen LogP contribution in [-0.2, 0) is 0 Å². The highest BCUT2D eigenvalue weighted by molar-refractivity contribution is 5.07. The Morgan fingerprint density at radius 2 is 1.54 bits per heavy atom. The van der Waals surface area contributed by atoms with Crippen LogP contribution in [0.15, 0.2) is 36.8 Å². The highest BCUT2D eigenvalue weighted by Crippen LogP contribution is 2.17. The van der Waals surface area contributed by atoms with Gasteiger partial charge in [0.25, 0.3) is 0 Å². The Hall–Kier alpha value is -1.30. The van der Waals surface area contributed by atoms with E-state index in [-0.39, 0.29) is 5.76 Å². The number of allylic oxidation sites excluding steroid dienone is 1. The Labute approximate surface area is 161 Å². The first-order chi connectivity index (χ1) is 12.4. The molecule has 0 heterocycles. The topological polar surface area (TPSA) is 68.3 Å². The van der Waals surface area contributed by atoms with Gasteiger partial charge >= 0.3 is 0 Å². The zero-order chi connectivity index (χ0) is 19.8. The second-order valence-corrected chi connectivity index (χ2v) is 7.25. The first-order valence-electron chi connectivity index (χ1n) is 9.97. The van der Waals surface area contributed by atoms with E-state index in [1.165, 1.54) is 5.57 Å². The van der Waals surface area contributed by atoms with Crippen molar-refractivity contribution in [2.45, 2.75) is 52.5 Å². The van der Waals surface area contributed by atoms with Crippen molar-refractivity contribution in [2.75, 3.05) is 39.3 Å². The number of nitrogens with one attached hydrogen (secondary N) is 4. The Balaban J connectivity index is 3.73. The predicted molar refractivity (Wildman–Crippen MR) is 115 cm³/mol. The van der Waals surface area contributed by atoms with E-state index in [9.17, 15) is 0 Å². The van der Waals surface area contributed by atoms with E-state index < -0.39 is 0 Å². The molecule has 0 saturated heterocycles. The minimum atomic E-state index is 0.234. The fourth-order valence-electron chi connectivity index (χ4n) is 2.76. The Morgan fingerprint density at radius 1 is 0.923 bits per heavy atom. The smallest absolute Gasteiger partial charge is 0.0863 e. The van der Waals surface area contributed by atoms with Crippen molar-refractivity contribution in [2.24, 2.45) is 5.92 Å². The first-order valence-corrected chi connectivity index (χ1v) is 9.97. The first kappa shape index (κ1) is 24.7. The van der Waals surface area contributed by atoms with E-state index in [2.05, 4.69) is 61.8 Å². The van der Waals surface area contributed by atoms with Crippen LogP contribution in [0.1, 0.15) is 46.5 Å². The van der Waals surface area contributed by atoms with Crippen LogP contribution in [-0.4, -0.2) is 50.4 Å². The lowest BCUT2D eigenvalue weighted by Crippen LogP contribution is -2.33. The molecule has 26 heavy (non-hydrogen) atoms. The molecule has 1 unspecified atom stereocenters. The van der Waals surface area contributed by atoms with Crippen molar-refractivity contribution >= 4 is 0 Å². The standard InChI is InChI=1S/C21H42N4O/c1-7-24-21(18(4)16-17(2)3)9-8-19(5)25-15-14-23-13-12-22-11-10-20(6)26/h17,21-26H,4-16H2,1-3H3. The molecule has 5 nitrogen and oxygen atoms in total. The maximum Gasteiger partial charge on any atom is 0.0863 e. The third kappa shape index (κ3) is 15.0. The highest BCUT2D eigenvalue weighted by Gasteiger charge is 2.13. The number of rotatable bonds is 18. The molecular formula is C21H42N4O. The van der Waals surface area contributed by atoms with Gasteiger partial charge in [-0.1, -0.05) is 46.1 Å². The van der Waals surface area contributed by atoms with Gasteiger partial charge in [0.2, 0.25) is 0 Å². The molecule has 0 amide bonds.